The number of benzene rings is 1. The average molecular weight is 304 g/mol. The third-order valence-corrected chi connectivity index (χ3v) is 3.99. The van der Waals surface area contributed by atoms with Gasteiger partial charge in [0.05, 0.1) is 0 Å². The Morgan fingerprint density at radius 3 is 2.81 bits per heavy atom. The summed E-state index contributed by atoms with van der Waals surface area (Å²) in [7, 11) is 1.82. The van der Waals surface area contributed by atoms with Crippen LogP contribution in [0.25, 0.3) is 0 Å². The lowest BCUT2D eigenvalue weighted by molar-refractivity contribution is 0.800. The van der Waals surface area contributed by atoms with E-state index in [2.05, 4.69) is 49.8 Å². The fourth-order valence-electron chi connectivity index (χ4n) is 2.64. The number of hydrogen-bond acceptors (Lipinski definition) is 5. The van der Waals surface area contributed by atoms with Crippen molar-refractivity contribution < 1.29 is 0 Å². The number of aromatic nitrogens is 2. The summed E-state index contributed by atoms with van der Waals surface area (Å²) in [6.07, 6.45) is 2.55. The van der Waals surface area contributed by atoms with Gasteiger partial charge in [-0.3, -0.25) is 0 Å². The molecular formula is C15H18ClN5. The van der Waals surface area contributed by atoms with Crippen LogP contribution in [0.1, 0.15) is 6.42 Å². The fourth-order valence-corrected chi connectivity index (χ4v) is 2.87. The molecule has 1 atom stereocenters. The molecule has 1 aromatic carbocycles. The van der Waals surface area contributed by atoms with Crippen LogP contribution < -0.4 is 15.5 Å². The number of nitrogens with zero attached hydrogens (tertiary/aromatic N) is 3. The summed E-state index contributed by atoms with van der Waals surface area (Å²) >= 11 is 6.08. The molecule has 0 saturated carbocycles. The van der Waals surface area contributed by atoms with Crippen molar-refractivity contribution in [3.63, 3.8) is 0 Å². The average Bonchev–Trinajstić information content (AvgIpc) is 2.97. The Morgan fingerprint density at radius 2 is 2.05 bits per heavy atom. The minimum Gasteiger partial charge on any atom is -0.383 e. The van der Waals surface area contributed by atoms with Gasteiger partial charge in [0, 0.05) is 31.9 Å². The van der Waals surface area contributed by atoms with Crippen LogP contribution in [0.3, 0.4) is 0 Å². The first kappa shape index (κ1) is 13.9. The predicted octanol–water partition coefficient (Wildman–Crippen LogP) is 2.86. The summed E-state index contributed by atoms with van der Waals surface area (Å²) in [6.45, 7) is 1.99. The Hall–Kier alpha value is -2.01. The molecule has 1 fully saturated rings. The largest absolute Gasteiger partial charge is 0.383 e. The Kier molecular flexibility index (Phi) is 4.10. The molecule has 5 nitrogen and oxygen atoms in total. The zero-order chi connectivity index (χ0) is 14.7. The number of rotatable bonds is 4. The van der Waals surface area contributed by atoms with Gasteiger partial charge in [-0.2, -0.15) is 0 Å². The molecule has 6 heteroatoms. The lowest BCUT2D eigenvalue weighted by Crippen LogP contribution is -2.26. The molecule has 2 heterocycles. The second kappa shape index (κ2) is 6.18. The minimum absolute atomic E-state index is 0.350. The molecule has 0 radical (unpaired) electrons. The summed E-state index contributed by atoms with van der Waals surface area (Å²) in [5.41, 5.74) is 2.01. The summed E-state index contributed by atoms with van der Waals surface area (Å²) < 4.78 is 0. The molecule has 0 aliphatic carbocycles. The van der Waals surface area contributed by atoms with Crippen molar-refractivity contribution in [2.45, 2.75) is 12.5 Å². The van der Waals surface area contributed by atoms with Crippen LogP contribution in [0.4, 0.5) is 17.2 Å². The van der Waals surface area contributed by atoms with Gasteiger partial charge in [-0.15, -0.1) is 0 Å². The number of para-hydroxylation sites is 1. The van der Waals surface area contributed by atoms with E-state index in [0.29, 0.717) is 11.2 Å². The Morgan fingerprint density at radius 1 is 1.24 bits per heavy atom. The fraction of sp³-hybridized carbons (Fsp3) is 0.333. The van der Waals surface area contributed by atoms with Gasteiger partial charge in [0.1, 0.15) is 12.0 Å². The van der Waals surface area contributed by atoms with E-state index in [9.17, 15) is 0 Å². The summed E-state index contributed by atoms with van der Waals surface area (Å²) in [5.74, 6) is 0.761. The highest BCUT2D eigenvalue weighted by atomic mass is 35.5. The highest BCUT2D eigenvalue weighted by Crippen LogP contribution is 2.28. The second-order valence-corrected chi connectivity index (χ2v) is 5.41. The smallest absolute Gasteiger partial charge is 0.157 e. The van der Waals surface area contributed by atoms with E-state index in [1.54, 1.807) is 0 Å². The van der Waals surface area contributed by atoms with Crippen molar-refractivity contribution in [1.82, 2.24) is 9.97 Å². The van der Waals surface area contributed by atoms with Crippen LogP contribution >= 0.6 is 11.6 Å². The molecule has 0 bridgehead atoms. The molecular weight excluding hydrogens is 286 g/mol. The van der Waals surface area contributed by atoms with Crippen molar-refractivity contribution in [1.29, 1.82) is 0 Å². The molecule has 2 N–H and O–H groups in total. The van der Waals surface area contributed by atoms with Crippen LogP contribution in [-0.4, -0.2) is 36.1 Å². The molecule has 3 rings (SSSR count). The maximum atomic E-state index is 6.08. The minimum atomic E-state index is 0.350. The molecule has 1 unspecified atom stereocenters. The standard InChI is InChI=1S/C15H18ClN5/c1-17-13-14(16)18-10-19-15(13)20-11-7-8-21(9-11)12-5-3-2-4-6-12/h2-6,10-11,17H,7-9H2,1H3,(H,18,19,20). The highest BCUT2D eigenvalue weighted by Gasteiger charge is 2.23. The molecule has 21 heavy (non-hydrogen) atoms. The third-order valence-electron chi connectivity index (χ3n) is 3.70. The van der Waals surface area contributed by atoms with E-state index in [1.807, 2.05) is 13.1 Å². The zero-order valence-corrected chi connectivity index (χ0v) is 12.6. The third kappa shape index (κ3) is 3.03. The van der Waals surface area contributed by atoms with Gasteiger partial charge in [0.25, 0.3) is 0 Å². The number of halogens is 1. The lowest BCUT2D eigenvalue weighted by Gasteiger charge is -2.20. The molecule has 1 aliphatic heterocycles. The normalized spacial score (nSPS) is 17.8. The van der Waals surface area contributed by atoms with Crippen molar-refractivity contribution in [3.05, 3.63) is 41.8 Å². The Balaban J connectivity index is 1.69. The molecule has 0 spiro atoms. The molecule has 0 amide bonds. The zero-order valence-electron chi connectivity index (χ0n) is 11.9. The topological polar surface area (TPSA) is 53.1 Å². The van der Waals surface area contributed by atoms with E-state index in [0.717, 1.165) is 31.0 Å². The number of nitrogens with one attached hydrogen (secondary N) is 2. The first-order valence-corrected chi connectivity index (χ1v) is 7.40. The molecule has 1 saturated heterocycles. The van der Waals surface area contributed by atoms with Crippen LogP contribution in [0.5, 0.6) is 0 Å². The van der Waals surface area contributed by atoms with Crippen LogP contribution in [0.15, 0.2) is 36.7 Å². The maximum absolute atomic E-state index is 6.08. The quantitative estimate of drug-likeness (QED) is 0.851. The van der Waals surface area contributed by atoms with Crippen molar-refractivity contribution in [2.24, 2.45) is 0 Å². The van der Waals surface area contributed by atoms with Gasteiger partial charge in [0.15, 0.2) is 11.0 Å². The van der Waals surface area contributed by atoms with Gasteiger partial charge in [-0.05, 0) is 18.6 Å². The van der Waals surface area contributed by atoms with Gasteiger partial charge in [-0.25, -0.2) is 9.97 Å². The van der Waals surface area contributed by atoms with Crippen molar-refractivity contribution >= 4 is 28.8 Å². The van der Waals surface area contributed by atoms with Gasteiger partial charge in [0.2, 0.25) is 0 Å². The van der Waals surface area contributed by atoms with E-state index in [1.165, 1.54) is 12.0 Å². The molecule has 110 valence electrons. The lowest BCUT2D eigenvalue weighted by atomic mass is 10.2. The molecule has 1 aliphatic rings. The van der Waals surface area contributed by atoms with E-state index < -0.39 is 0 Å². The van der Waals surface area contributed by atoms with Crippen molar-refractivity contribution in [2.75, 3.05) is 35.7 Å². The summed E-state index contributed by atoms with van der Waals surface area (Å²) in [6, 6.07) is 10.8. The van der Waals surface area contributed by atoms with Crippen LogP contribution in [0, 0.1) is 0 Å². The Labute approximate surface area is 129 Å². The van der Waals surface area contributed by atoms with E-state index in [-0.39, 0.29) is 0 Å². The Bertz CT molecular complexity index is 604. The highest BCUT2D eigenvalue weighted by molar-refractivity contribution is 6.32. The van der Waals surface area contributed by atoms with Crippen molar-refractivity contribution in [3.8, 4) is 0 Å². The second-order valence-electron chi connectivity index (χ2n) is 5.05. The van der Waals surface area contributed by atoms with Gasteiger partial charge >= 0.3 is 0 Å². The van der Waals surface area contributed by atoms with E-state index >= 15 is 0 Å². The van der Waals surface area contributed by atoms with Crippen LogP contribution in [-0.2, 0) is 0 Å². The number of hydrogen-bond donors (Lipinski definition) is 2. The number of anilines is 3. The first-order valence-electron chi connectivity index (χ1n) is 7.02. The molecule has 1 aromatic heterocycles. The summed E-state index contributed by atoms with van der Waals surface area (Å²) in [4.78, 5) is 10.6. The monoisotopic (exact) mass is 303 g/mol. The van der Waals surface area contributed by atoms with Gasteiger partial charge in [-0.1, -0.05) is 29.8 Å². The predicted molar refractivity (Wildman–Crippen MR) is 87.3 cm³/mol. The van der Waals surface area contributed by atoms with Crippen LogP contribution in [0.2, 0.25) is 5.15 Å². The van der Waals surface area contributed by atoms with Gasteiger partial charge < -0.3 is 15.5 Å². The molecule has 2 aromatic rings. The van der Waals surface area contributed by atoms with E-state index in [4.69, 9.17) is 11.6 Å². The summed E-state index contributed by atoms with van der Waals surface area (Å²) in [5, 5.41) is 6.95. The first-order chi connectivity index (χ1) is 10.3. The SMILES string of the molecule is CNc1c(Cl)ncnc1NC1CCN(c2ccccc2)C1. The maximum Gasteiger partial charge on any atom is 0.157 e.